The molecule has 6 atom stereocenters. The van der Waals surface area contributed by atoms with Crippen LogP contribution in [-0.2, 0) is 27.9 Å². The van der Waals surface area contributed by atoms with Crippen LogP contribution < -0.4 is 0 Å². The van der Waals surface area contributed by atoms with Crippen LogP contribution >= 0.6 is 7.82 Å². The smallest absolute Gasteiger partial charge is 0.457 e. The average Bonchev–Trinajstić information content (AvgIpc) is 3.37. The van der Waals surface area contributed by atoms with Crippen LogP contribution in [-0.4, -0.2) is 98.9 Å². The van der Waals surface area contributed by atoms with Gasteiger partial charge in [-0.15, -0.1) is 0 Å². The summed E-state index contributed by atoms with van der Waals surface area (Å²) in [6.45, 7) is 4.03. The maximum absolute atomic E-state index is 12.9. The first-order chi connectivity index (χ1) is 35.0. The number of aliphatic hydroxyl groups is 5. The van der Waals surface area contributed by atoms with Crippen molar-refractivity contribution >= 4 is 13.8 Å². The molecule has 0 amide bonds. The SMILES string of the molecule is CC/C=C\C/C=C\C/C=C\C/C=C\CCCCCCCCCCCCCOCC(COP(=O)(O)OC1C(O)C(O)C(O)C(O)C1O)OC(=O)CCCCCCCCCC/C=C\C/C=C\C/C=C\C/C=C\CC. The van der Waals surface area contributed by atoms with Crippen LogP contribution in [0.25, 0.3) is 0 Å². The van der Waals surface area contributed by atoms with E-state index in [-0.39, 0.29) is 13.0 Å². The van der Waals surface area contributed by atoms with Gasteiger partial charge in [0, 0.05) is 13.0 Å². The molecule has 0 aromatic carbocycles. The molecule has 0 aliphatic heterocycles. The van der Waals surface area contributed by atoms with Crippen LogP contribution in [0.1, 0.15) is 206 Å². The molecule has 6 unspecified atom stereocenters. The zero-order valence-corrected chi connectivity index (χ0v) is 45.6. The first-order valence-corrected chi connectivity index (χ1v) is 29.6. The molecule has 72 heavy (non-hydrogen) atoms. The van der Waals surface area contributed by atoms with Gasteiger partial charge < -0.3 is 39.9 Å². The Kier molecular flexibility index (Phi) is 44.8. The second-order valence-electron chi connectivity index (χ2n) is 19.0. The number of hydrogen-bond acceptors (Lipinski definition) is 11. The number of carbonyl (C=O) groups excluding carboxylic acids is 1. The second-order valence-corrected chi connectivity index (χ2v) is 20.4. The summed E-state index contributed by atoms with van der Waals surface area (Å²) < 4.78 is 34.4. The summed E-state index contributed by atoms with van der Waals surface area (Å²) in [7, 11) is -5.04. The van der Waals surface area contributed by atoms with Crippen molar-refractivity contribution in [2.75, 3.05) is 19.8 Å². The van der Waals surface area contributed by atoms with Gasteiger partial charge in [-0.05, 0) is 89.9 Å². The third kappa shape index (κ3) is 38.8. The molecule has 0 heterocycles. The summed E-state index contributed by atoms with van der Waals surface area (Å²) in [6.07, 6.45) is 54.7. The summed E-state index contributed by atoms with van der Waals surface area (Å²) in [6, 6.07) is 0. The van der Waals surface area contributed by atoms with E-state index in [1.165, 1.54) is 64.2 Å². The van der Waals surface area contributed by atoms with E-state index in [1.54, 1.807) is 0 Å². The molecule has 0 aromatic heterocycles. The average molecular weight is 1030 g/mol. The van der Waals surface area contributed by atoms with Gasteiger partial charge in [-0.3, -0.25) is 13.8 Å². The van der Waals surface area contributed by atoms with Gasteiger partial charge in [0.05, 0.1) is 13.2 Å². The van der Waals surface area contributed by atoms with Crippen molar-refractivity contribution in [2.45, 2.75) is 249 Å². The van der Waals surface area contributed by atoms with Crippen molar-refractivity contribution in [3.63, 3.8) is 0 Å². The van der Waals surface area contributed by atoms with Crippen molar-refractivity contribution < 1.29 is 58.3 Å². The highest BCUT2D eigenvalue weighted by atomic mass is 31.2. The number of ether oxygens (including phenoxy) is 2. The fourth-order valence-electron chi connectivity index (χ4n) is 8.10. The third-order valence-electron chi connectivity index (χ3n) is 12.5. The molecule has 0 saturated heterocycles. The number of hydrogen-bond donors (Lipinski definition) is 6. The van der Waals surface area contributed by atoms with Gasteiger partial charge in [-0.25, -0.2) is 4.57 Å². The van der Waals surface area contributed by atoms with E-state index in [2.05, 4.69) is 111 Å². The predicted molar refractivity (Wildman–Crippen MR) is 294 cm³/mol. The summed E-state index contributed by atoms with van der Waals surface area (Å²) in [5.74, 6) is -0.489. The van der Waals surface area contributed by atoms with Crippen molar-refractivity contribution in [3.8, 4) is 0 Å². The van der Waals surface area contributed by atoms with E-state index in [0.29, 0.717) is 13.0 Å². The van der Waals surface area contributed by atoms with Crippen LogP contribution in [0.15, 0.2) is 97.2 Å². The Hall–Kier alpha value is -2.74. The first kappa shape index (κ1) is 67.3. The molecule has 1 rings (SSSR count). The zero-order chi connectivity index (χ0) is 52.6. The fraction of sp³-hybridized carbons (Fsp3) is 0.712. The number of rotatable bonds is 47. The Bertz CT molecular complexity index is 1550. The van der Waals surface area contributed by atoms with E-state index in [4.69, 9.17) is 18.5 Å². The number of unbranched alkanes of at least 4 members (excludes halogenated alkanes) is 19. The summed E-state index contributed by atoms with van der Waals surface area (Å²) in [4.78, 5) is 23.3. The van der Waals surface area contributed by atoms with Gasteiger partial charge in [0.2, 0.25) is 0 Å². The molecule has 0 aromatic rings. The lowest BCUT2D eigenvalue weighted by molar-refractivity contribution is -0.220. The van der Waals surface area contributed by atoms with E-state index in [9.17, 15) is 39.8 Å². The normalized spacial score (nSPS) is 21.4. The molecule has 12 nitrogen and oxygen atoms in total. The highest BCUT2D eigenvalue weighted by Gasteiger charge is 2.51. The predicted octanol–water partition coefficient (Wildman–Crippen LogP) is 13.4. The Morgan fingerprint density at radius 2 is 0.778 bits per heavy atom. The van der Waals surface area contributed by atoms with Gasteiger partial charge >= 0.3 is 13.8 Å². The molecule has 13 heteroatoms. The maximum atomic E-state index is 12.9. The standard InChI is InChI=1S/C59H101O12P/c1-3-5-7-9-11-13-15-17-19-21-23-25-26-27-29-31-33-35-37-39-41-43-45-47-49-68-50-52(51-69-72(66,67)71-59-57(64)55(62)54(61)56(63)58(59)65)70-53(60)48-46-44-42-40-38-36-34-32-30-28-24-22-20-18-16-14-12-10-8-6-4-2/h5-8,11-14,17-20,23-25,28,52,54-59,61-65H,3-4,9-10,15-16,21-22,26-27,29-51H2,1-2H3,(H,66,67)/b7-5-,8-6-,13-11-,14-12-,19-17-,20-18-,25-23-,28-24-. The van der Waals surface area contributed by atoms with Crippen LogP contribution in [0.3, 0.4) is 0 Å². The van der Waals surface area contributed by atoms with E-state index in [0.717, 1.165) is 116 Å². The van der Waals surface area contributed by atoms with Crippen LogP contribution in [0.5, 0.6) is 0 Å². The highest BCUT2D eigenvalue weighted by molar-refractivity contribution is 7.47. The number of phosphoric acid groups is 1. The largest absolute Gasteiger partial charge is 0.472 e. The quantitative estimate of drug-likeness (QED) is 0.0146. The lowest BCUT2D eigenvalue weighted by Crippen LogP contribution is -2.64. The molecular weight excluding hydrogens is 932 g/mol. The second kappa shape index (κ2) is 47.9. The lowest BCUT2D eigenvalue weighted by Gasteiger charge is -2.41. The van der Waals surface area contributed by atoms with Crippen LogP contribution in [0, 0.1) is 0 Å². The summed E-state index contributed by atoms with van der Waals surface area (Å²) in [5.41, 5.74) is 0. The maximum Gasteiger partial charge on any atom is 0.472 e. The van der Waals surface area contributed by atoms with Gasteiger partial charge in [0.1, 0.15) is 42.7 Å². The molecule has 1 aliphatic carbocycles. The molecule has 0 bridgehead atoms. The van der Waals surface area contributed by atoms with E-state index in [1.807, 2.05) is 0 Å². The molecule has 1 aliphatic rings. The van der Waals surface area contributed by atoms with Crippen molar-refractivity contribution in [1.29, 1.82) is 0 Å². The van der Waals surface area contributed by atoms with Gasteiger partial charge in [0.15, 0.2) is 0 Å². The minimum Gasteiger partial charge on any atom is -0.457 e. The van der Waals surface area contributed by atoms with Crippen LogP contribution in [0.2, 0.25) is 0 Å². The number of phosphoric ester groups is 1. The summed E-state index contributed by atoms with van der Waals surface area (Å²) >= 11 is 0. The van der Waals surface area contributed by atoms with Crippen molar-refractivity contribution in [3.05, 3.63) is 97.2 Å². The Balaban J connectivity index is 2.31. The third-order valence-corrected chi connectivity index (χ3v) is 13.4. The van der Waals surface area contributed by atoms with Gasteiger partial charge in [-0.1, -0.05) is 207 Å². The van der Waals surface area contributed by atoms with Crippen molar-refractivity contribution in [1.82, 2.24) is 0 Å². The fourth-order valence-corrected chi connectivity index (χ4v) is 9.08. The van der Waals surface area contributed by atoms with Gasteiger partial charge in [-0.2, -0.15) is 0 Å². The monoisotopic (exact) mass is 1030 g/mol. The number of aliphatic hydroxyl groups excluding tert-OH is 5. The Morgan fingerprint density at radius 3 is 1.18 bits per heavy atom. The minimum atomic E-state index is -5.04. The Labute approximate surface area is 436 Å². The molecule has 1 fully saturated rings. The van der Waals surface area contributed by atoms with Crippen molar-refractivity contribution in [2.24, 2.45) is 0 Å². The highest BCUT2D eigenvalue weighted by Crippen LogP contribution is 2.47. The van der Waals surface area contributed by atoms with E-state index < -0.39 is 63.1 Å². The molecule has 0 spiro atoms. The lowest BCUT2D eigenvalue weighted by atomic mass is 9.85. The topological polar surface area (TPSA) is 192 Å². The number of allylic oxidation sites excluding steroid dienone is 16. The van der Waals surface area contributed by atoms with E-state index >= 15 is 0 Å². The molecule has 414 valence electrons. The minimum absolute atomic E-state index is 0.0875. The number of carbonyl (C=O) groups is 1. The zero-order valence-electron chi connectivity index (χ0n) is 44.7. The molecule has 0 radical (unpaired) electrons. The summed E-state index contributed by atoms with van der Waals surface area (Å²) in [5, 5.41) is 50.4. The number of esters is 1. The molecule has 6 N–H and O–H groups in total. The van der Waals surface area contributed by atoms with Gasteiger partial charge in [0.25, 0.3) is 0 Å². The molecular formula is C59H101O12P. The van der Waals surface area contributed by atoms with Crippen LogP contribution in [0.4, 0.5) is 0 Å². The molecule has 1 saturated carbocycles. The first-order valence-electron chi connectivity index (χ1n) is 28.1. The Morgan fingerprint density at radius 1 is 0.444 bits per heavy atom.